The summed E-state index contributed by atoms with van der Waals surface area (Å²) in [5.41, 5.74) is -4.03. The number of aliphatic hydroxyl groups is 3. The van der Waals surface area contributed by atoms with Crippen molar-refractivity contribution in [2.75, 3.05) is 31.6 Å². The van der Waals surface area contributed by atoms with Crippen LogP contribution >= 0.6 is 11.6 Å². The Morgan fingerprint density at radius 1 is 1.22 bits per heavy atom. The zero-order valence-corrected chi connectivity index (χ0v) is 15.6. The van der Waals surface area contributed by atoms with Gasteiger partial charge in [0, 0.05) is 13.1 Å². The van der Waals surface area contributed by atoms with Crippen LogP contribution < -0.4 is 5.32 Å². The van der Waals surface area contributed by atoms with Gasteiger partial charge in [-0.25, -0.2) is 8.42 Å². The summed E-state index contributed by atoms with van der Waals surface area (Å²) in [7, 11) is -4.16. The molecule has 0 aliphatic heterocycles. The lowest BCUT2D eigenvalue weighted by Crippen LogP contribution is -2.52. The Balaban J connectivity index is 3.15. The third kappa shape index (κ3) is 5.30. The Hall–Kier alpha value is -1.44. The number of rotatable bonds is 8. The van der Waals surface area contributed by atoms with Crippen molar-refractivity contribution in [2.45, 2.75) is 23.6 Å². The van der Waals surface area contributed by atoms with Crippen LogP contribution in [0.3, 0.4) is 0 Å². The van der Waals surface area contributed by atoms with Gasteiger partial charge in [0.2, 0.25) is 15.6 Å². The van der Waals surface area contributed by atoms with Crippen molar-refractivity contribution in [2.24, 2.45) is 0 Å². The number of amides is 1. The van der Waals surface area contributed by atoms with Gasteiger partial charge in [0.1, 0.15) is 0 Å². The number of sulfonamides is 1. The highest BCUT2D eigenvalue weighted by molar-refractivity contribution is 7.89. The summed E-state index contributed by atoms with van der Waals surface area (Å²) in [5.74, 6) is -1.80. The Labute approximate surface area is 158 Å². The summed E-state index contributed by atoms with van der Waals surface area (Å²) in [5, 5.41) is 28.6. The number of nitrogens with zero attached hydrogens (tertiary/aromatic N) is 1. The fourth-order valence-corrected chi connectivity index (χ4v) is 3.60. The van der Waals surface area contributed by atoms with Gasteiger partial charge in [-0.1, -0.05) is 11.6 Å². The van der Waals surface area contributed by atoms with Crippen LogP contribution in [0.5, 0.6) is 0 Å². The van der Waals surface area contributed by atoms with E-state index in [0.29, 0.717) is 0 Å². The van der Waals surface area contributed by atoms with Crippen molar-refractivity contribution < 1.29 is 41.7 Å². The molecule has 0 bridgehead atoms. The van der Waals surface area contributed by atoms with E-state index in [1.807, 2.05) is 0 Å². The van der Waals surface area contributed by atoms with Gasteiger partial charge >= 0.3 is 6.18 Å². The maximum atomic E-state index is 12.7. The molecule has 1 amide bonds. The van der Waals surface area contributed by atoms with E-state index in [-0.39, 0.29) is 30.6 Å². The highest BCUT2D eigenvalue weighted by Crippen LogP contribution is 2.33. The van der Waals surface area contributed by atoms with E-state index in [1.165, 1.54) is 0 Å². The summed E-state index contributed by atoms with van der Waals surface area (Å²) in [6.45, 7) is -1.35. The predicted octanol–water partition coefficient (Wildman–Crippen LogP) is 0.567. The lowest BCUT2D eigenvalue weighted by Gasteiger charge is -2.25. The van der Waals surface area contributed by atoms with Gasteiger partial charge in [0.15, 0.2) is 0 Å². The van der Waals surface area contributed by atoms with Crippen molar-refractivity contribution in [1.29, 1.82) is 0 Å². The first-order chi connectivity index (χ1) is 12.3. The molecular weight excluding hydrogens is 417 g/mol. The third-order valence-electron chi connectivity index (χ3n) is 3.52. The second-order valence-corrected chi connectivity index (χ2v) is 7.86. The highest BCUT2D eigenvalue weighted by atomic mass is 35.5. The first kappa shape index (κ1) is 23.6. The normalized spacial score (nSPS) is 14.9. The molecule has 0 saturated heterocycles. The van der Waals surface area contributed by atoms with E-state index in [2.05, 4.69) is 0 Å². The number of carbonyl (C=O) groups is 1. The van der Waals surface area contributed by atoms with E-state index in [1.54, 1.807) is 5.32 Å². The van der Waals surface area contributed by atoms with Gasteiger partial charge in [-0.15, -0.1) is 0 Å². The van der Waals surface area contributed by atoms with Gasteiger partial charge in [-0.05, 0) is 25.1 Å². The molecule has 0 aliphatic rings. The first-order valence-corrected chi connectivity index (χ1v) is 9.22. The second kappa shape index (κ2) is 8.71. The summed E-state index contributed by atoms with van der Waals surface area (Å²) in [6.07, 6.45) is -5.23. The molecule has 0 heterocycles. The topological polar surface area (TPSA) is 127 Å². The summed E-state index contributed by atoms with van der Waals surface area (Å²) in [6, 6.07) is 2.81. The molecule has 1 atom stereocenters. The first-order valence-electron chi connectivity index (χ1n) is 7.41. The summed E-state index contributed by atoms with van der Waals surface area (Å²) < 4.78 is 63.7. The Morgan fingerprint density at radius 3 is 2.15 bits per heavy atom. The van der Waals surface area contributed by atoms with Crippen LogP contribution in [0.2, 0.25) is 5.02 Å². The number of nitrogens with one attached hydrogen (secondary N) is 1. The molecule has 4 N–H and O–H groups in total. The zero-order chi connectivity index (χ0) is 21.0. The van der Waals surface area contributed by atoms with Crippen molar-refractivity contribution in [3.05, 3.63) is 23.2 Å². The van der Waals surface area contributed by atoms with Crippen LogP contribution in [-0.4, -0.2) is 72.0 Å². The molecule has 13 heteroatoms. The van der Waals surface area contributed by atoms with Crippen molar-refractivity contribution in [3.63, 3.8) is 0 Å². The van der Waals surface area contributed by atoms with Crippen LogP contribution in [0.1, 0.15) is 6.92 Å². The number of alkyl halides is 3. The molecule has 27 heavy (non-hydrogen) atoms. The number of hydrogen-bond donors (Lipinski definition) is 4. The van der Waals surface area contributed by atoms with Crippen LogP contribution in [0.25, 0.3) is 0 Å². The third-order valence-corrected chi connectivity index (χ3v) is 5.73. The maximum Gasteiger partial charge on any atom is 0.426 e. The highest BCUT2D eigenvalue weighted by Gasteiger charge is 2.55. The van der Waals surface area contributed by atoms with Gasteiger partial charge in [-0.2, -0.15) is 17.5 Å². The smallest absolute Gasteiger partial charge is 0.395 e. The molecular formula is C14H18ClF3N2O6S. The second-order valence-electron chi connectivity index (χ2n) is 5.52. The van der Waals surface area contributed by atoms with Crippen LogP contribution in [0.15, 0.2) is 23.1 Å². The SMILES string of the molecule is CC(O)(C(=O)Nc1ccc(S(=O)(=O)N(CCO)CCO)cc1Cl)C(F)(F)F. The fourth-order valence-electron chi connectivity index (χ4n) is 1.85. The monoisotopic (exact) mass is 434 g/mol. The minimum absolute atomic E-state index is 0.261. The quantitative estimate of drug-likeness (QED) is 0.473. The average Bonchev–Trinajstić information content (AvgIpc) is 2.55. The average molecular weight is 435 g/mol. The molecule has 0 spiro atoms. The molecule has 1 unspecified atom stereocenters. The van der Waals surface area contributed by atoms with Crippen LogP contribution in [0, 0.1) is 0 Å². The van der Waals surface area contributed by atoms with Gasteiger partial charge in [0.05, 0.1) is 28.8 Å². The van der Waals surface area contributed by atoms with E-state index in [4.69, 9.17) is 21.8 Å². The van der Waals surface area contributed by atoms with E-state index in [0.717, 1.165) is 22.5 Å². The van der Waals surface area contributed by atoms with Crippen molar-refractivity contribution >= 4 is 33.2 Å². The number of benzene rings is 1. The number of anilines is 1. The van der Waals surface area contributed by atoms with Crippen molar-refractivity contribution in [3.8, 4) is 0 Å². The molecule has 1 aromatic rings. The molecule has 1 rings (SSSR count). The molecule has 0 fully saturated rings. The number of carbonyl (C=O) groups excluding carboxylic acids is 1. The van der Waals surface area contributed by atoms with Gasteiger partial charge in [-0.3, -0.25) is 4.79 Å². The van der Waals surface area contributed by atoms with Crippen LogP contribution in [-0.2, 0) is 14.8 Å². The molecule has 0 aromatic heterocycles. The number of hydrogen-bond acceptors (Lipinski definition) is 6. The molecule has 1 aromatic carbocycles. The molecule has 0 radical (unpaired) electrons. The Bertz CT molecular complexity index is 780. The maximum absolute atomic E-state index is 12.7. The van der Waals surface area contributed by atoms with E-state index >= 15 is 0 Å². The Kier molecular flexibility index (Phi) is 7.61. The fraction of sp³-hybridized carbons (Fsp3) is 0.500. The number of aliphatic hydroxyl groups excluding tert-OH is 2. The zero-order valence-electron chi connectivity index (χ0n) is 14.0. The minimum Gasteiger partial charge on any atom is -0.395 e. The van der Waals surface area contributed by atoms with Gasteiger partial charge in [0.25, 0.3) is 5.91 Å². The number of halogens is 4. The van der Waals surface area contributed by atoms with E-state index in [9.17, 15) is 31.5 Å². The Morgan fingerprint density at radius 2 is 1.74 bits per heavy atom. The molecule has 154 valence electrons. The van der Waals surface area contributed by atoms with Crippen molar-refractivity contribution in [1.82, 2.24) is 4.31 Å². The van der Waals surface area contributed by atoms with E-state index < -0.39 is 45.9 Å². The molecule has 0 saturated carbocycles. The standard InChI is InChI=1S/C14H18ClF3N2O6S/c1-13(24,14(16,17)18)12(23)19-11-3-2-9(8-10(11)15)27(25,26)20(4-6-21)5-7-22/h2-3,8,21-22,24H,4-7H2,1H3,(H,19,23). The lowest BCUT2D eigenvalue weighted by atomic mass is 10.1. The lowest BCUT2D eigenvalue weighted by molar-refractivity contribution is -0.242. The minimum atomic E-state index is -5.23. The molecule has 8 nitrogen and oxygen atoms in total. The van der Waals surface area contributed by atoms with Crippen LogP contribution in [0.4, 0.5) is 18.9 Å². The summed E-state index contributed by atoms with van der Waals surface area (Å²) >= 11 is 5.84. The molecule has 0 aliphatic carbocycles. The largest absolute Gasteiger partial charge is 0.426 e. The predicted molar refractivity (Wildman–Crippen MR) is 89.7 cm³/mol. The summed E-state index contributed by atoms with van der Waals surface area (Å²) in [4.78, 5) is 11.3. The van der Waals surface area contributed by atoms with Gasteiger partial charge < -0.3 is 20.6 Å².